The molecule has 1 aliphatic rings. The summed E-state index contributed by atoms with van der Waals surface area (Å²) in [5.41, 5.74) is 1.05. The van der Waals surface area contributed by atoms with Crippen molar-refractivity contribution in [2.75, 3.05) is 6.61 Å². The lowest BCUT2D eigenvalue weighted by molar-refractivity contribution is -0.151. The zero-order valence-corrected chi connectivity index (χ0v) is 13.6. The predicted molar refractivity (Wildman–Crippen MR) is 88.2 cm³/mol. The zero-order valence-electron chi connectivity index (χ0n) is 12.8. The number of amides is 1. The Hall–Kier alpha value is -2.21. The lowest BCUT2D eigenvalue weighted by Gasteiger charge is -2.33. The van der Waals surface area contributed by atoms with Crippen LogP contribution in [0.1, 0.15) is 29.6 Å². The number of rotatable bonds is 5. The summed E-state index contributed by atoms with van der Waals surface area (Å²) >= 11 is 1.37. The zero-order chi connectivity index (χ0) is 16.2. The van der Waals surface area contributed by atoms with Crippen molar-refractivity contribution in [2.24, 2.45) is 5.92 Å². The Morgan fingerprint density at radius 2 is 2.04 bits per heavy atom. The molecule has 3 rings (SSSR count). The summed E-state index contributed by atoms with van der Waals surface area (Å²) in [6, 6.07) is 9.88. The lowest BCUT2D eigenvalue weighted by Crippen LogP contribution is -2.47. The fourth-order valence-corrected chi connectivity index (χ4v) is 3.38. The van der Waals surface area contributed by atoms with E-state index in [2.05, 4.69) is 10.3 Å². The van der Waals surface area contributed by atoms with Crippen molar-refractivity contribution in [1.29, 1.82) is 0 Å². The van der Waals surface area contributed by atoms with Gasteiger partial charge in [0.15, 0.2) is 5.01 Å². The molecule has 0 atom stereocenters. The van der Waals surface area contributed by atoms with Gasteiger partial charge in [0.25, 0.3) is 5.91 Å². The van der Waals surface area contributed by atoms with Crippen molar-refractivity contribution in [2.45, 2.75) is 25.8 Å². The first-order valence-corrected chi connectivity index (χ1v) is 8.47. The highest BCUT2D eigenvalue weighted by atomic mass is 32.1. The molecule has 1 aromatic heterocycles. The third-order valence-electron chi connectivity index (χ3n) is 3.85. The van der Waals surface area contributed by atoms with Gasteiger partial charge in [-0.1, -0.05) is 30.3 Å². The Kier molecular flexibility index (Phi) is 4.71. The Morgan fingerprint density at radius 1 is 1.30 bits per heavy atom. The molecule has 1 amide bonds. The van der Waals surface area contributed by atoms with Gasteiger partial charge in [-0.3, -0.25) is 9.59 Å². The van der Waals surface area contributed by atoms with Gasteiger partial charge >= 0.3 is 5.97 Å². The number of ether oxygens (including phenoxy) is 1. The van der Waals surface area contributed by atoms with Gasteiger partial charge in [-0.05, 0) is 25.3 Å². The van der Waals surface area contributed by atoms with Crippen LogP contribution in [0.25, 0.3) is 10.4 Å². The number of carbonyl (C=O) groups excluding carboxylic acids is 2. The van der Waals surface area contributed by atoms with E-state index in [1.807, 2.05) is 30.3 Å². The van der Waals surface area contributed by atoms with Crippen LogP contribution in [0, 0.1) is 5.92 Å². The van der Waals surface area contributed by atoms with E-state index in [0.717, 1.165) is 10.4 Å². The molecular formula is C17H18N2O3S. The number of benzene rings is 1. The molecule has 1 N–H and O–H groups in total. The second-order valence-electron chi connectivity index (χ2n) is 5.49. The molecule has 0 spiro atoms. The molecule has 5 nitrogen and oxygen atoms in total. The van der Waals surface area contributed by atoms with Gasteiger partial charge in [-0.2, -0.15) is 0 Å². The van der Waals surface area contributed by atoms with Gasteiger partial charge in [0.05, 0.1) is 17.4 Å². The molecule has 0 unspecified atom stereocenters. The van der Waals surface area contributed by atoms with Crippen molar-refractivity contribution >= 4 is 23.2 Å². The number of carbonyl (C=O) groups is 2. The topological polar surface area (TPSA) is 68.3 Å². The SMILES string of the molecule is CCOC(=O)C1CC(NC(=O)c2ncc(-c3ccccc3)s2)C1. The molecule has 2 aromatic rings. The van der Waals surface area contributed by atoms with E-state index in [-0.39, 0.29) is 23.8 Å². The van der Waals surface area contributed by atoms with Gasteiger partial charge in [-0.25, -0.2) is 4.98 Å². The quantitative estimate of drug-likeness (QED) is 0.856. The van der Waals surface area contributed by atoms with E-state index < -0.39 is 0 Å². The molecule has 0 aliphatic heterocycles. The van der Waals surface area contributed by atoms with Gasteiger partial charge in [0.2, 0.25) is 0 Å². The Balaban J connectivity index is 1.54. The molecule has 1 aromatic carbocycles. The second kappa shape index (κ2) is 6.91. The van der Waals surface area contributed by atoms with Crippen LogP contribution in [0.4, 0.5) is 0 Å². The van der Waals surface area contributed by atoms with Crippen LogP contribution in [-0.2, 0) is 9.53 Å². The summed E-state index contributed by atoms with van der Waals surface area (Å²) in [6.45, 7) is 2.19. The minimum Gasteiger partial charge on any atom is -0.466 e. The van der Waals surface area contributed by atoms with Crippen LogP contribution in [0.3, 0.4) is 0 Å². The van der Waals surface area contributed by atoms with Crippen molar-refractivity contribution < 1.29 is 14.3 Å². The van der Waals surface area contributed by atoms with Crippen molar-refractivity contribution in [1.82, 2.24) is 10.3 Å². The standard InChI is InChI=1S/C17H18N2O3S/c1-2-22-17(21)12-8-13(9-12)19-15(20)16-18-10-14(23-16)11-6-4-3-5-7-11/h3-7,10,12-13H,2,8-9H2,1H3,(H,19,20). The number of nitrogens with zero attached hydrogens (tertiary/aromatic N) is 1. The number of esters is 1. The number of hydrogen-bond donors (Lipinski definition) is 1. The molecule has 0 bridgehead atoms. The third kappa shape index (κ3) is 3.59. The summed E-state index contributed by atoms with van der Waals surface area (Å²) in [6.07, 6.45) is 3.00. The summed E-state index contributed by atoms with van der Waals surface area (Å²) in [5, 5.41) is 3.37. The molecule has 6 heteroatoms. The summed E-state index contributed by atoms with van der Waals surface area (Å²) in [7, 11) is 0. The highest BCUT2D eigenvalue weighted by molar-refractivity contribution is 7.16. The molecule has 1 saturated carbocycles. The van der Waals surface area contributed by atoms with Crippen molar-refractivity contribution in [3.63, 3.8) is 0 Å². The van der Waals surface area contributed by atoms with E-state index in [0.29, 0.717) is 24.5 Å². The Labute approximate surface area is 138 Å². The largest absolute Gasteiger partial charge is 0.466 e. The van der Waals surface area contributed by atoms with Crippen LogP contribution in [0.2, 0.25) is 0 Å². The number of hydrogen-bond acceptors (Lipinski definition) is 5. The molecule has 1 heterocycles. The second-order valence-corrected chi connectivity index (χ2v) is 6.52. The number of thiazole rings is 1. The number of nitrogens with one attached hydrogen (secondary N) is 1. The van der Waals surface area contributed by atoms with E-state index >= 15 is 0 Å². The average Bonchev–Trinajstić information content (AvgIpc) is 3.01. The van der Waals surface area contributed by atoms with Gasteiger partial charge in [-0.15, -0.1) is 11.3 Å². The first-order chi connectivity index (χ1) is 11.2. The van der Waals surface area contributed by atoms with E-state index in [1.165, 1.54) is 11.3 Å². The van der Waals surface area contributed by atoms with Crippen LogP contribution in [-0.4, -0.2) is 29.5 Å². The maximum Gasteiger partial charge on any atom is 0.309 e. The highest BCUT2D eigenvalue weighted by Crippen LogP contribution is 2.30. The van der Waals surface area contributed by atoms with Gasteiger partial charge < -0.3 is 10.1 Å². The van der Waals surface area contributed by atoms with Crippen LogP contribution in [0.15, 0.2) is 36.5 Å². The minimum atomic E-state index is -0.176. The maximum atomic E-state index is 12.2. The van der Waals surface area contributed by atoms with Crippen LogP contribution >= 0.6 is 11.3 Å². The Bertz CT molecular complexity index is 693. The third-order valence-corrected chi connectivity index (χ3v) is 4.90. The summed E-state index contributed by atoms with van der Waals surface area (Å²) < 4.78 is 4.97. The lowest BCUT2D eigenvalue weighted by atomic mass is 9.80. The fraction of sp³-hybridized carbons (Fsp3) is 0.353. The van der Waals surface area contributed by atoms with Crippen molar-refractivity contribution in [3.8, 4) is 10.4 Å². The van der Waals surface area contributed by atoms with Gasteiger partial charge in [0.1, 0.15) is 0 Å². The Morgan fingerprint density at radius 3 is 2.74 bits per heavy atom. The van der Waals surface area contributed by atoms with E-state index in [9.17, 15) is 9.59 Å². The van der Waals surface area contributed by atoms with Crippen LogP contribution < -0.4 is 5.32 Å². The van der Waals surface area contributed by atoms with E-state index in [1.54, 1.807) is 13.1 Å². The van der Waals surface area contributed by atoms with E-state index in [4.69, 9.17) is 4.74 Å². The molecule has 0 radical (unpaired) electrons. The molecule has 120 valence electrons. The summed E-state index contributed by atoms with van der Waals surface area (Å²) in [4.78, 5) is 28.9. The maximum absolute atomic E-state index is 12.2. The predicted octanol–water partition coefficient (Wildman–Crippen LogP) is 2.88. The monoisotopic (exact) mass is 330 g/mol. The van der Waals surface area contributed by atoms with Gasteiger partial charge in [0, 0.05) is 12.2 Å². The molecule has 0 saturated heterocycles. The summed E-state index contributed by atoms with van der Waals surface area (Å²) in [5.74, 6) is -0.431. The highest BCUT2D eigenvalue weighted by Gasteiger charge is 2.36. The first kappa shape index (κ1) is 15.7. The van der Waals surface area contributed by atoms with Crippen LogP contribution in [0.5, 0.6) is 0 Å². The fourth-order valence-electron chi connectivity index (χ4n) is 2.55. The molecule has 23 heavy (non-hydrogen) atoms. The normalized spacial score (nSPS) is 19.7. The number of aromatic nitrogens is 1. The smallest absolute Gasteiger partial charge is 0.309 e. The molecular weight excluding hydrogens is 312 g/mol. The van der Waals surface area contributed by atoms with Crippen molar-refractivity contribution in [3.05, 3.63) is 41.5 Å². The molecule has 1 aliphatic carbocycles. The minimum absolute atomic E-state index is 0.0287. The molecule has 1 fully saturated rings. The first-order valence-electron chi connectivity index (χ1n) is 7.66. The average molecular weight is 330 g/mol.